The first-order valence-electron chi connectivity index (χ1n) is 9.71. The highest BCUT2D eigenvalue weighted by Crippen LogP contribution is 2.18. The maximum absolute atomic E-state index is 12.3. The lowest BCUT2D eigenvalue weighted by molar-refractivity contribution is -0.197. The molecule has 1 atom stereocenters. The zero-order valence-corrected chi connectivity index (χ0v) is 16.7. The number of amides is 3. The van der Waals surface area contributed by atoms with Crippen molar-refractivity contribution in [1.29, 1.82) is 0 Å². The summed E-state index contributed by atoms with van der Waals surface area (Å²) in [5, 5.41) is 3.33. The van der Waals surface area contributed by atoms with Crippen molar-refractivity contribution in [2.45, 2.75) is 58.8 Å². The maximum atomic E-state index is 12.3. The molecule has 0 aliphatic carbocycles. The minimum Gasteiger partial charge on any atom is -0.356 e. The Bertz CT molecular complexity index is 711. The van der Waals surface area contributed by atoms with Crippen molar-refractivity contribution in [3.63, 3.8) is 0 Å². The maximum Gasteiger partial charge on any atom is 0.333 e. The van der Waals surface area contributed by atoms with E-state index >= 15 is 0 Å². The third kappa shape index (κ3) is 6.18. The topological polar surface area (TPSA) is 92.8 Å². The summed E-state index contributed by atoms with van der Waals surface area (Å²) in [4.78, 5) is 51.6. The summed E-state index contributed by atoms with van der Waals surface area (Å²) in [6.45, 7) is 6.48. The van der Waals surface area contributed by atoms with Crippen LogP contribution in [0.5, 0.6) is 0 Å². The molecule has 1 fully saturated rings. The van der Waals surface area contributed by atoms with Crippen LogP contribution in [0.15, 0.2) is 24.3 Å². The third-order valence-corrected chi connectivity index (χ3v) is 4.57. The quantitative estimate of drug-likeness (QED) is 0.518. The zero-order valence-electron chi connectivity index (χ0n) is 16.7. The highest BCUT2D eigenvalue weighted by Gasteiger charge is 2.32. The predicted molar refractivity (Wildman–Crippen MR) is 103 cm³/mol. The van der Waals surface area contributed by atoms with E-state index in [1.807, 2.05) is 19.1 Å². The van der Waals surface area contributed by atoms with E-state index in [1.54, 1.807) is 0 Å². The number of carbonyl (C=O) groups excluding carboxylic acids is 4. The van der Waals surface area contributed by atoms with Crippen molar-refractivity contribution in [3.05, 3.63) is 35.4 Å². The summed E-state index contributed by atoms with van der Waals surface area (Å²) in [5.41, 5.74) is 2.19. The molecule has 0 aromatic heterocycles. The molecule has 0 spiro atoms. The van der Waals surface area contributed by atoms with E-state index in [0.29, 0.717) is 23.9 Å². The monoisotopic (exact) mass is 388 g/mol. The van der Waals surface area contributed by atoms with E-state index < -0.39 is 17.8 Å². The fourth-order valence-corrected chi connectivity index (χ4v) is 2.97. The summed E-state index contributed by atoms with van der Waals surface area (Å²) in [7, 11) is 0. The number of benzene rings is 1. The molecular weight excluding hydrogens is 360 g/mol. The highest BCUT2D eigenvalue weighted by molar-refractivity contribution is 6.01. The molecule has 1 aliphatic rings. The van der Waals surface area contributed by atoms with Gasteiger partial charge in [0, 0.05) is 25.8 Å². The standard InChI is InChI=1S/C21H28N2O5/c1-14(2)13-16-6-8-17(9-7-16)15(3)21(27)22-12-4-5-20(26)28-23-18(24)10-11-19(23)25/h6-9,14-15H,4-5,10-13H2,1-3H3,(H,22,27)/t15-/m0/s1. The predicted octanol–water partition coefficient (Wildman–Crippen LogP) is 2.49. The van der Waals surface area contributed by atoms with Gasteiger partial charge in [-0.15, -0.1) is 5.06 Å². The Balaban J connectivity index is 1.70. The van der Waals surface area contributed by atoms with Crippen LogP contribution in [-0.4, -0.2) is 35.3 Å². The lowest BCUT2D eigenvalue weighted by Gasteiger charge is -2.14. The summed E-state index contributed by atoms with van der Waals surface area (Å²) < 4.78 is 0. The van der Waals surface area contributed by atoms with Crippen LogP contribution in [-0.2, 0) is 30.4 Å². The first-order chi connectivity index (χ1) is 13.3. The van der Waals surface area contributed by atoms with E-state index in [-0.39, 0.29) is 31.1 Å². The molecule has 28 heavy (non-hydrogen) atoms. The Morgan fingerprint density at radius 1 is 1.07 bits per heavy atom. The normalized spacial score (nSPS) is 15.1. The molecule has 2 rings (SSSR count). The molecule has 7 heteroatoms. The van der Waals surface area contributed by atoms with Gasteiger partial charge >= 0.3 is 5.97 Å². The molecule has 0 radical (unpaired) electrons. The fraction of sp³-hybridized carbons (Fsp3) is 0.524. The number of nitrogens with zero attached hydrogens (tertiary/aromatic N) is 1. The molecule has 0 unspecified atom stereocenters. The number of carbonyl (C=O) groups is 4. The molecule has 1 aromatic carbocycles. The minimum atomic E-state index is -0.661. The van der Waals surface area contributed by atoms with Crippen molar-refractivity contribution in [2.24, 2.45) is 5.92 Å². The van der Waals surface area contributed by atoms with Gasteiger partial charge in [0.1, 0.15) is 0 Å². The number of hydrogen-bond acceptors (Lipinski definition) is 5. The van der Waals surface area contributed by atoms with E-state index in [0.717, 1.165) is 12.0 Å². The van der Waals surface area contributed by atoms with Gasteiger partial charge in [0.05, 0.1) is 5.92 Å². The molecule has 3 amide bonds. The molecular formula is C21H28N2O5. The van der Waals surface area contributed by atoms with E-state index in [1.165, 1.54) is 5.56 Å². The fourth-order valence-electron chi connectivity index (χ4n) is 2.97. The Morgan fingerprint density at radius 3 is 2.25 bits per heavy atom. The van der Waals surface area contributed by atoms with Crippen molar-refractivity contribution in [1.82, 2.24) is 10.4 Å². The van der Waals surface area contributed by atoms with Gasteiger partial charge in [-0.1, -0.05) is 38.1 Å². The van der Waals surface area contributed by atoms with Gasteiger partial charge in [0.25, 0.3) is 11.8 Å². The zero-order chi connectivity index (χ0) is 20.7. The van der Waals surface area contributed by atoms with Crippen LogP contribution in [0.2, 0.25) is 0 Å². The van der Waals surface area contributed by atoms with Crippen LogP contribution >= 0.6 is 0 Å². The number of imide groups is 1. The molecule has 0 bridgehead atoms. The molecule has 1 aromatic rings. The molecule has 0 saturated carbocycles. The minimum absolute atomic E-state index is 0.00954. The Morgan fingerprint density at radius 2 is 1.68 bits per heavy atom. The van der Waals surface area contributed by atoms with Crippen molar-refractivity contribution in [2.75, 3.05) is 6.54 Å². The summed E-state index contributed by atoms with van der Waals surface area (Å²) in [6, 6.07) is 8.05. The molecule has 1 N–H and O–H groups in total. The van der Waals surface area contributed by atoms with E-state index in [2.05, 4.69) is 31.3 Å². The van der Waals surface area contributed by atoms with Crippen LogP contribution in [0.1, 0.15) is 63.5 Å². The van der Waals surface area contributed by atoms with Crippen LogP contribution in [0.3, 0.4) is 0 Å². The second kappa shape index (κ2) is 10.0. The van der Waals surface area contributed by atoms with Gasteiger partial charge in [0.15, 0.2) is 0 Å². The van der Waals surface area contributed by atoms with Crippen molar-refractivity contribution in [3.8, 4) is 0 Å². The van der Waals surface area contributed by atoms with Gasteiger partial charge in [-0.2, -0.15) is 0 Å². The van der Waals surface area contributed by atoms with Crippen molar-refractivity contribution >= 4 is 23.7 Å². The van der Waals surface area contributed by atoms with Crippen LogP contribution < -0.4 is 5.32 Å². The first-order valence-corrected chi connectivity index (χ1v) is 9.71. The Kier molecular flexibility index (Phi) is 7.72. The van der Waals surface area contributed by atoms with E-state index in [4.69, 9.17) is 4.84 Å². The number of hydrogen-bond donors (Lipinski definition) is 1. The van der Waals surface area contributed by atoms with Crippen LogP contribution in [0.25, 0.3) is 0 Å². The third-order valence-electron chi connectivity index (χ3n) is 4.57. The summed E-state index contributed by atoms with van der Waals surface area (Å²) in [6.07, 6.45) is 1.51. The molecule has 7 nitrogen and oxygen atoms in total. The van der Waals surface area contributed by atoms with Crippen LogP contribution in [0, 0.1) is 5.92 Å². The molecule has 1 saturated heterocycles. The SMILES string of the molecule is CC(C)Cc1ccc([C@H](C)C(=O)NCCCC(=O)ON2C(=O)CCC2=O)cc1. The van der Waals surface area contributed by atoms with Gasteiger partial charge in [0.2, 0.25) is 5.91 Å². The van der Waals surface area contributed by atoms with Crippen molar-refractivity contribution < 1.29 is 24.0 Å². The average molecular weight is 388 g/mol. The second-order valence-corrected chi connectivity index (χ2v) is 7.50. The Hall–Kier alpha value is -2.70. The number of rotatable bonds is 9. The summed E-state index contributed by atoms with van der Waals surface area (Å²) >= 11 is 0. The number of nitrogens with one attached hydrogen (secondary N) is 1. The molecule has 1 aliphatic heterocycles. The first kappa shape index (κ1) is 21.6. The van der Waals surface area contributed by atoms with Gasteiger partial charge < -0.3 is 10.2 Å². The lowest BCUT2D eigenvalue weighted by Crippen LogP contribution is -2.33. The average Bonchev–Trinajstić information content (AvgIpc) is 2.96. The number of hydroxylamine groups is 2. The smallest absolute Gasteiger partial charge is 0.333 e. The second-order valence-electron chi connectivity index (χ2n) is 7.50. The highest BCUT2D eigenvalue weighted by atomic mass is 16.7. The van der Waals surface area contributed by atoms with Crippen LogP contribution in [0.4, 0.5) is 0 Å². The van der Waals surface area contributed by atoms with Gasteiger partial charge in [-0.05, 0) is 36.8 Å². The van der Waals surface area contributed by atoms with E-state index in [9.17, 15) is 19.2 Å². The van der Waals surface area contributed by atoms with Gasteiger partial charge in [-0.3, -0.25) is 14.4 Å². The molecule has 152 valence electrons. The molecule has 1 heterocycles. The summed E-state index contributed by atoms with van der Waals surface area (Å²) in [5.74, 6) is -1.49. The lowest BCUT2D eigenvalue weighted by atomic mass is 9.96. The Labute approximate surface area is 165 Å². The largest absolute Gasteiger partial charge is 0.356 e. The van der Waals surface area contributed by atoms with Gasteiger partial charge in [-0.25, -0.2) is 4.79 Å².